The monoisotopic (exact) mass is 315 g/mol. The van der Waals surface area contributed by atoms with Gasteiger partial charge in [0.25, 0.3) is 0 Å². The van der Waals surface area contributed by atoms with Crippen LogP contribution in [0.15, 0.2) is 0 Å². The van der Waals surface area contributed by atoms with Gasteiger partial charge in [0.05, 0.1) is 12.2 Å². The zero-order valence-corrected chi connectivity index (χ0v) is 15.3. The highest BCUT2D eigenvalue weighted by Crippen LogP contribution is 2.14. The Kier molecular flexibility index (Phi) is 15.7. The summed E-state index contributed by atoms with van der Waals surface area (Å²) in [7, 11) is 0. The summed E-state index contributed by atoms with van der Waals surface area (Å²) in [5.74, 6) is 0.846. The van der Waals surface area contributed by atoms with E-state index in [1.54, 1.807) is 0 Å². The summed E-state index contributed by atoms with van der Waals surface area (Å²) < 4.78 is 0. The van der Waals surface area contributed by atoms with E-state index in [2.05, 4.69) is 26.1 Å². The summed E-state index contributed by atoms with van der Waals surface area (Å²) in [6, 6.07) is 0. The lowest BCUT2D eigenvalue weighted by atomic mass is 10.0. The Morgan fingerprint density at radius 2 is 1.23 bits per heavy atom. The second kappa shape index (κ2) is 15.8. The third-order valence-corrected chi connectivity index (χ3v) is 4.26. The maximum Gasteiger partial charge on any atom is 0.0923 e. The van der Waals surface area contributed by atoms with Crippen molar-refractivity contribution in [3.8, 4) is 0 Å². The second-order valence-electron chi connectivity index (χ2n) is 7.14. The smallest absolute Gasteiger partial charge is 0.0923 e. The first-order valence-corrected chi connectivity index (χ1v) is 9.64. The standard InChI is InChI=1S/C19H41NO2/c1-4-15-20-16-19(22)18(21)14-12-10-8-6-5-7-9-11-13-17(2)3/h17-22H,4-16H2,1-3H3. The van der Waals surface area contributed by atoms with Gasteiger partial charge in [-0.15, -0.1) is 0 Å². The molecule has 0 rings (SSSR count). The minimum Gasteiger partial charge on any atom is -0.390 e. The minimum atomic E-state index is -0.618. The molecule has 0 aromatic rings. The molecule has 0 aliphatic heterocycles. The van der Waals surface area contributed by atoms with Crippen molar-refractivity contribution in [3.63, 3.8) is 0 Å². The van der Waals surface area contributed by atoms with Crippen LogP contribution in [0.1, 0.15) is 91.4 Å². The van der Waals surface area contributed by atoms with E-state index in [-0.39, 0.29) is 0 Å². The fourth-order valence-electron chi connectivity index (χ4n) is 2.72. The van der Waals surface area contributed by atoms with Gasteiger partial charge in [0.2, 0.25) is 0 Å². The predicted octanol–water partition coefficient (Wildman–Crippen LogP) is 4.26. The second-order valence-corrected chi connectivity index (χ2v) is 7.14. The molecule has 0 aliphatic carbocycles. The highest BCUT2D eigenvalue weighted by atomic mass is 16.3. The molecule has 0 spiro atoms. The minimum absolute atomic E-state index is 0.505. The van der Waals surface area contributed by atoms with E-state index in [4.69, 9.17) is 0 Å². The fraction of sp³-hybridized carbons (Fsp3) is 1.00. The lowest BCUT2D eigenvalue weighted by Gasteiger charge is -2.18. The van der Waals surface area contributed by atoms with Crippen molar-refractivity contribution < 1.29 is 10.2 Å². The summed E-state index contributed by atoms with van der Waals surface area (Å²) in [5.41, 5.74) is 0. The van der Waals surface area contributed by atoms with Crippen LogP contribution in [0.2, 0.25) is 0 Å². The summed E-state index contributed by atoms with van der Waals surface area (Å²) in [6.45, 7) is 8.10. The molecule has 2 unspecified atom stereocenters. The van der Waals surface area contributed by atoms with E-state index in [0.29, 0.717) is 6.54 Å². The molecule has 0 bridgehead atoms. The normalized spacial score (nSPS) is 14.5. The van der Waals surface area contributed by atoms with Crippen molar-refractivity contribution in [1.29, 1.82) is 0 Å². The van der Waals surface area contributed by atoms with Gasteiger partial charge in [-0.2, -0.15) is 0 Å². The highest BCUT2D eigenvalue weighted by molar-refractivity contribution is 4.69. The Balaban J connectivity index is 3.27. The molecule has 3 heteroatoms. The quantitative estimate of drug-likeness (QED) is 0.373. The number of hydrogen-bond donors (Lipinski definition) is 3. The molecule has 3 nitrogen and oxygen atoms in total. The lowest BCUT2D eigenvalue weighted by molar-refractivity contribution is 0.0140. The Morgan fingerprint density at radius 1 is 0.727 bits per heavy atom. The molecule has 0 saturated heterocycles. The van der Waals surface area contributed by atoms with Gasteiger partial charge in [-0.3, -0.25) is 0 Å². The van der Waals surface area contributed by atoms with Crippen molar-refractivity contribution in [2.45, 2.75) is 104 Å². The topological polar surface area (TPSA) is 52.5 Å². The number of aliphatic hydroxyl groups excluding tert-OH is 2. The van der Waals surface area contributed by atoms with E-state index in [0.717, 1.165) is 31.7 Å². The Labute approximate surface area is 138 Å². The van der Waals surface area contributed by atoms with Gasteiger partial charge in [-0.25, -0.2) is 0 Å². The van der Waals surface area contributed by atoms with Crippen LogP contribution >= 0.6 is 0 Å². The van der Waals surface area contributed by atoms with Crippen molar-refractivity contribution in [2.24, 2.45) is 5.92 Å². The van der Waals surface area contributed by atoms with E-state index < -0.39 is 12.2 Å². The zero-order valence-electron chi connectivity index (χ0n) is 15.3. The number of unbranched alkanes of at least 4 members (excludes halogenated alkanes) is 7. The Hall–Kier alpha value is -0.120. The van der Waals surface area contributed by atoms with Crippen LogP contribution in [0.5, 0.6) is 0 Å². The summed E-state index contributed by atoms with van der Waals surface area (Å²) in [6.07, 6.45) is 12.2. The van der Waals surface area contributed by atoms with Gasteiger partial charge >= 0.3 is 0 Å². The van der Waals surface area contributed by atoms with Crippen LogP contribution in [-0.2, 0) is 0 Å². The van der Waals surface area contributed by atoms with Gasteiger partial charge < -0.3 is 15.5 Å². The average Bonchev–Trinajstić information content (AvgIpc) is 2.48. The molecule has 0 fully saturated rings. The largest absolute Gasteiger partial charge is 0.390 e. The Bertz CT molecular complexity index is 221. The average molecular weight is 316 g/mol. The molecule has 0 heterocycles. The van der Waals surface area contributed by atoms with Crippen molar-refractivity contribution in [3.05, 3.63) is 0 Å². The highest BCUT2D eigenvalue weighted by Gasteiger charge is 2.14. The molecule has 0 aliphatic rings. The van der Waals surface area contributed by atoms with E-state index >= 15 is 0 Å². The number of rotatable bonds is 16. The molecule has 0 radical (unpaired) electrons. The fourth-order valence-corrected chi connectivity index (χ4v) is 2.72. The van der Waals surface area contributed by atoms with Crippen LogP contribution in [-0.4, -0.2) is 35.5 Å². The van der Waals surface area contributed by atoms with E-state index in [1.165, 1.54) is 51.4 Å². The van der Waals surface area contributed by atoms with Crippen molar-refractivity contribution in [1.82, 2.24) is 5.32 Å². The summed E-state index contributed by atoms with van der Waals surface area (Å²) >= 11 is 0. The molecule has 134 valence electrons. The number of nitrogens with one attached hydrogen (secondary N) is 1. The maximum atomic E-state index is 9.87. The van der Waals surface area contributed by atoms with Crippen LogP contribution in [0.3, 0.4) is 0 Å². The molecular weight excluding hydrogens is 274 g/mol. The molecule has 3 N–H and O–H groups in total. The maximum absolute atomic E-state index is 9.87. The first-order valence-electron chi connectivity index (χ1n) is 9.64. The first kappa shape index (κ1) is 21.9. The third-order valence-electron chi connectivity index (χ3n) is 4.26. The number of hydrogen-bond acceptors (Lipinski definition) is 3. The molecule has 22 heavy (non-hydrogen) atoms. The number of aliphatic hydroxyl groups is 2. The van der Waals surface area contributed by atoms with Gasteiger partial charge in [0.1, 0.15) is 0 Å². The summed E-state index contributed by atoms with van der Waals surface area (Å²) in [4.78, 5) is 0. The molecule has 0 amide bonds. The lowest BCUT2D eigenvalue weighted by Crippen LogP contribution is -2.36. The van der Waals surface area contributed by atoms with Crippen LogP contribution in [0.4, 0.5) is 0 Å². The molecule has 0 aromatic carbocycles. The van der Waals surface area contributed by atoms with Crippen LogP contribution in [0.25, 0.3) is 0 Å². The Morgan fingerprint density at radius 3 is 1.73 bits per heavy atom. The zero-order chi connectivity index (χ0) is 16.6. The molecule has 0 aromatic heterocycles. The summed E-state index contributed by atoms with van der Waals surface area (Å²) in [5, 5.41) is 22.8. The first-order chi connectivity index (χ1) is 10.6. The van der Waals surface area contributed by atoms with Gasteiger partial charge in [-0.1, -0.05) is 78.6 Å². The van der Waals surface area contributed by atoms with E-state index in [1.807, 2.05) is 0 Å². The third kappa shape index (κ3) is 14.8. The SMILES string of the molecule is CCCNCC(O)C(O)CCCCCCCCCCC(C)C. The van der Waals surface area contributed by atoms with Crippen LogP contribution in [0, 0.1) is 5.92 Å². The van der Waals surface area contributed by atoms with Gasteiger partial charge in [0.15, 0.2) is 0 Å². The van der Waals surface area contributed by atoms with Gasteiger partial charge in [0, 0.05) is 6.54 Å². The van der Waals surface area contributed by atoms with Crippen molar-refractivity contribution >= 4 is 0 Å². The van der Waals surface area contributed by atoms with Gasteiger partial charge in [-0.05, 0) is 25.3 Å². The molecular formula is C19H41NO2. The van der Waals surface area contributed by atoms with Crippen molar-refractivity contribution in [2.75, 3.05) is 13.1 Å². The molecule has 0 saturated carbocycles. The van der Waals surface area contributed by atoms with E-state index in [9.17, 15) is 10.2 Å². The molecule has 2 atom stereocenters. The van der Waals surface area contributed by atoms with Crippen LogP contribution < -0.4 is 5.32 Å². The predicted molar refractivity (Wildman–Crippen MR) is 96.2 cm³/mol.